The lowest BCUT2D eigenvalue weighted by molar-refractivity contribution is -0.0598. The Morgan fingerprint density at radius 2 is 2.38 bits per heavy atom. The molecule has 3 nitrogen and oxygen atoms in total. The zero-order chi connectivity index (χ0) is 9.31. The minimum atomic E-state index is -0.205. The Hall–Kier alpha value is -0.450. The van der Waals surface area contributed by atoms with Crippen LogP contribution in [-0.4, -0.2) is 25.2 Å². The summed E-state index contributed by atoms with van der Waals surface area (Å²) in [5, 5.41) is 3.19. The van der Waals surface area contributed by atoms with Gasteiger partial charge in [-0.1, -0.05) is 15.9 Å². The molecule has 4 heteroatoms. The lowest BCUT2D eigenvalue weighted by Crippen LogP contribution is -2.58. The smallest absolute Gasteiger partial charge is 0.134 e. The standard InChI is InChI=1S/C9H11BrN2O/c1-13-9(5-11-6-9)8-4-7(10)2-3-12-8/h2-4,11H,5-6H2,1H3. The van der Waals surface area contributed by atoms with E-state index in [9.17, 15) is 0 Å². The van der Waals surface area contributed by atoms with E-state index >= 15 is 0 Å². The molecule has 0 spiro atoms. The summed E-state index contributed by atoms with van der Waals surface area (Å²) < 4.78 is 6.51. The van der Waals surface area contributed by atoms with Crippen LogP contribution < -0.4 is 5.32 Å². The molecule has 2 rings (SSSR count). The summed E-state index contributed by atoms with van der Waals surface area (Å²) in [4.78, 5) is 4.31. The van der Waals surface area contributed by atoms with Gasteiger partial charge < -0.3 is 10.1 Å². The van der Waals surface area contributed by atoms with E-state index < -0.39 is 0 Å². The van der Waals surface area contributed by atoms with Crippen LogP contribution >= 0.6 is 15.9 Å². The van der Waals surface area contributed by atoms with E-state index in [0.717, 1.165) is 23.3 Å². The number of halogens is 1. The molecular weight excluding hydrogens is 232 g/mol. The van der Waals surface area contributed by atoms with Crippen LogP contribution in [-0.2, 0) is 10.3 Å². The molecule has 1 aliphatic rings. The highest BCUT2D eigenvalue weighted by atomic mass is 79.9. The van der Waals surface area contributed by atoms with Crippen LogP contribution in [0.1, 0.15) is 5.69 Å². The largest absolute Gasteiger partial charge is 0.369 e. The molecule has 0 radical (unpaired) electrons. The predicted octanol–water partition coefficient (Wildman–Crippen LogP) is 1.29. The van der Waals surface area contributed by atoms with Gasteiger partial charge in [-0.25, -0.2) is 0 Å². The summed E-state index contributed by atoms with van der Waals surface area (Å²) in [7, 11) is 1.73. The van der Waals surface area contributed by atoms with Gasteiger partial charge in [-0.2, -0.15) is 0 Å². The summed E-state index contributed by atoms with van der Waals surface area (Å²) in [6, 6.07) is 3.92. The Labute approximate surface area is 85.6 Å². The number of rotatable bonds is 2. The molecule has 0 saturated carbocycles. The minimum absolute atomic E-state index is 0.205. The van der Waals surface area contributed by atoms with Crippen molar-refractivity contribution in [3.8, 4) is 0 Å². The first-order valence-electron chi connectivity index (χ1n) is 4.15. The van der Waals surface area contributed by atoms with Crippen LogP contribution in [0.5, 0.6) is 0 Å². The van der Waals surface area contributed by atoms with Gasteiger partial charge in [0.25, 0.3) is 0 Å². The van der Waals surface area contributed by atoms with Gasteiger partial charge in [0.2, 0.25) is 0 Å². The highest BCUT2D eigenvalue weighted by Crippen LogP contribution is 2.28. The van der Waals surface area contributed by atoms with Crippen LogP contribution in [0, 0.1) is 0 Å². The van der Waals surface area contributed by atoms with Crippen LogP contribution in [0.4, 0.5) is 0 Å². The lowest BCUT2D eigenvalue weighted by atomic mass is 9.92. The molecule has 0 unspecified atom stereocenters. The van der Waals surface area contributed by atoms with Gasteiger partial charge in [0, 0.05) is 30.9 Å². The van der Waals surface area contributed by atoms with E-state index in [1.54, 1.807) is 13.3 Å². The van der Waals surface area contributed by atoms with Crippen molar-refractivity contribution < 1.29 is 4.74 Å². The van der Waals surface area contributed by atoms with Crippen molar-refractivity contribution in [3.63, 3.8) is 0 Å². The molecule has 1 aromatic rings. The van der Waals surface area contributed by atoms with Crippen LogP contribution in [0.25, 0.3) is 0 Å². The van der Waals surface area contributed by atoms with Crippen molar-refractivity contribution in [1.29, 1.82) is 0 Å². The molecule has 13 heavy (non-hydrogen) atoms. The molecule has 0 amide bonds. The van der Waals surface area contributed by atoms with E-state index in [-0.39, 0.29) is 5.60 Å². The van der Waals surface area contributed by atoms with Crippen LogP contribution in [0.15, 0.2) is 22.8 Å². The number of pyridine rings is 1. The van der Waals surface area contributed by atoms with Gasteiger partial charge in [0.05, 0.1) is 5.69 Å². The van der Waals surface area contributed by atoms with Gasteiger partial charge >= 0.3 is 0 Å². The zero-order valence-electron chi connectivity index (χ0n) is 7.38. The van der Waals surface area contributed by atoms with E-state index in [0.29, 0.717) is 0 Å². The molecule has 1 aromatic heterocycles. The summed E-state index contributed by atoms with van der Waals surface area (Å²) in [6.45, 7) is 1.68. The average molecular weight is 243 g/mol. The van der Waals surface area contributed by atoms with Gasteiger partial charge in [0.1, 0.15) is 5.60 Å². The van der Waals surface area contributed by atoms with Crippen LogP contribution in [0.3, 0.4) is 0 Å². The summed E-state index contributed by atoms with van der Waals surface area (Å²) in [5.41, 5.74) is 0.784. The predicted molar refractivity (Wildman–Crippen MR) is 53.5 cm³/mol. The fraction of sp³-hybridized carbons (Fsp3) is 0.444. The third kappa shape index (κ3) is 1.49. The Kier molecular flexibility index (Phi) is 2.36. The maximum absolute atomic E-state index is 5.47. The molecule has 1 aliphatic heterocycles. The topological polar surface area (TPSA) is 34.1 Å². The van der Waals surface area contributed by atoms with Gasteiger partial charge in [-0.05, 0) is 12.1 Å². The zero-order valence-corrected chi connectivity index (χ0v) is 8.97. The molecule has 0 atom stereocenters. The first-order chi connectivity index (χ1) is 6.27. The molecule has 1 N–H and O–H groups in total. The molecule has 0 aromatic carbocycles. The quantitative estimate of drug-likeness (QED) is 0.849. The summed E-state index contributed by atoms with van der Waals surface area (Å²) in [6.07, 6.45) is 1.79. The first kappa shape index (κ1) is 9.12. The van der Waals surface area contributed by atoms with Crippen molar-refractivity contribution in [2.24, 2.45) is 0 Å². The Bertz CT molecular complexity index is 307. The van der Waals surface area contributed by atoms with Crippen molar-refractivity contribution in [1.82, 2.24) is 10.3 Å². The third-order valence-corrected chi connectivity index (χ3v) is 2.89. The number of nitrogens with one attached hydrogen (secondary N) is 1. The van der Waals surface area contributed by atoms with Crippen molar-refractivity contribution in [2.75, 3.05) is 20.2 Å². The minimum Gasteiger partial charge on any atom is -0.369 e. The van der Waals surface area contributed by atoms with Gasteiger partial charge in [0.15, 0.2) is 0 Å². The second kappa shape index (κ2) is 3.36. The van der Waals surface area contributed by atoms with Crippen molar-refractivity contribution in [2.45, 2.75) is 5.60 Å². The average Bonchev–Trinajstić information content (AvgIpc) is 2.03. The Balaban J connectivity index is 2.33. The Morgan fingerprint density at radius 3 is 2.85 bits per heavy atom. The molecular formula is C9H11BrN2O. The molecule has 0 aliphatic carbocycles. The van der Waals surface area contributed by atoms with E-state index in [1.807, 2.05) is 12.1 Å². The molecule has 1 fully saturated rings. The fourth-order valence-electron chi connectivity index (χ4n) is 1.44. The van der Waals surface area contributed by atoms with E-state index in [4.69, 9.17) is 4.74 Å². The number of nitrogens with zero attached hydrogens (tertiary/aromatic N) is 1. The number of hydrogen-bond acceptors (Lipinski definition) is 3. The van der Waals surface area contributed by atoms with Crippen molar-refractivity contribution in [3.05, 3.63) is 28.5 Å². The maximum Gasteiger partial charge on any atom is 0.134 e. The highest BCUT2D eigenvalue weighted by molar-refractivity contribution is 9.10. The van der Waals surface area contributed by atoms with Gasteiger partial charge in [-0.3, -0.25) is 4.98 Å². The Morgan fingerprint density at radius 1 is 1.62 bits per heavy atom. The SMILES string of the molecule is COC1(c2cc(Br)ccn2)CNC1. The van der Waals surface area contributed by atoms with Crippen LogP contribution in [0.2, 0.25) is 0 Å². The number of aromatic nitrogens is 1. The number of hydrogen-bond donors (Lipinski definition) is 1. The van der Waals surface area contributed by atoms with Crippen molar-refractivity contribution >= 4 is 15.9 Å². The second-order valence-electron chi connectivity index (χ2n) is 3.16. The highest BCUT2D eigenvalue weighted by Gasteiger charge is 2.40. The monoisotopic (exact) mass is 242 g/mol. The third-order valence-electron chi connectivity index (χ3n) is 2.40. The molecule has 1 saturated heterocycles. The second-order valence-corrected chi connectivity index (χ2v) is 4.08. The van der Waals surface area contributed by atoms with E-state index in [1.165, 1.54) is 0 Å². The fourth-order valence-corrected chi connectivity index (χ4v) is 1.77. The lowest BCUT2D eigenvalue weighted by Gasteiger charge is -2.40. The van der Waals surface area contributed by atoms with Gasteiger partial charge in [-0.15, -0.1) is 0 Å². The summed E-state index contributed by atoms with van der Waals surface area (Å²) in [5.74, 6) is 0. The normalized spacial score (nSPS) is 19.5. The maximum atomic E-state index is 5.47. The molecule has 2 heterocycles. The van der Waals surface area contributed by atoms with E-state index in [2.05, 4.69) is 26.2 Å². The molecule has 0 bridgehead atoms. The number of methoxy groups -OCH3 is 1. The molecule has 70 valence electrons. The summed E-state index contributed by atoms with van der Waals surface area (Å²) >= 11 is 3.42. The number of ether oxygens (including phenoxy) is 1. The first-order valence-corrected chi connectivity index (χ1v) is 4.94.